The fourth-order valence-corrected chi connectivity index (χ4v) is 12.0. The topological polar surface area (TPSA) is 6.48 Å². The summed E-state index contributed by atoms with van der Waals surface area (Å²) < 4.78 is 2.64. The molecule has 0 N–H and O–H groups in total. The monoisotopic (exact) mass is 742 g/mol. The Hall–Kier alpha value is -5.64. The third kappa shape index (κ3) is 6.10. The molecule has 0 saturated heterocycles. The quantitative estimate of drug-likeness (QED) is 0.153. The summed E-state index contributed by atoms with van der Waals surface area (Å²) >= 11 is 1.87. The normalized spacial score (nSPS) is 21.3. The van der Waals surface area contributed by atoms with Gasteiger partial charge in [-0.15, -0.1) is 11.3 Å². The van der Waals surface area contributed by atoms with E-state index >= 15 is 0 Å². The molecule has 3 aliphatic rings. The summed E-state index contributed by atoms with van der Waals surface area (Å²) in [6, 6.07) is 65.1. The first-order valence-electron chi connectivity index (χ1n) is 20.6. The Labute approximate surface area is 334 Å². The molecule has 3 heteroatoms. The van der Waals surface area contributed by atoms with Gasteiger partial charge in [-0.1, -0.05) is 97.1 Å². The number of anilines is 6. The van der Waals surface area contributed by atoms with E-state index in [9.17, 15) is 0 Å². The number of benzene rings is 7. The van der Waals surface area contributed by atoms with E-state index < -0.39 is 0 Å². The highest BCUT2D eigenvalue weighted by molar-refractivity contribution is 7.25. The molecule has 3 fully saturated rings. The second-order valence-electron chi connectivity index (χ2n) is 16.6. The summed E-state index contributed by atoms with van der Waals surface area (Å²) in [5.74, 6) is 4.50. The van der Waals surface area contributed by atoms with Crippen molar-refractivity contribution in [2.75, 3.05) is 9.80 Å². The van der Waals surface area contributed by atoms with Crippen LogP contribution in [-0.4, -0.2) is 0 Å². The first-order chi connectivity index (χ1) is 27.7. The van der Waals surface area contributed by atoms with E-state index in [1.807, 2.05) is 11.3 Å². The molecular formula is C53H46N2S. The zero-order valence-corrected chi connectivity index (χ0v) is 32.5. The average molecular weight is 743 g/mol. The van der Waals surface area contributed by atoms with Crippen LogP contribution in [0.3, 0.4) is 0 Å². The Balaban J connectivity index is 1.00. The van der Waals surface area contributed by atoms with Crippen LogP contribution in [0.15, 0.2) is 176 Å². The molecule has 5 atom stereocenters. The van der Waals surface area contributed by atoms with E-state index in [2.05, 4.69) is 186 Å². The van der Waals surface area contributed by atoms with Crippen LogP contribution in [0.5, 0.6) is 0 Å². The van der Waals surface area contributed by atoms with E-state index in [1.54, 1.807) is 5.56 Å². The lowest BCUT2D eigenvalue weighted by Crippen LogP contribution is -2.21. The van der Waals surface area contributed by atoms with E-state index in [0.29, 0.717) is 5.92 Å². The van der Waals surface area contributed by atoms with Gasteiger partial charge >= 0.3 is 0 Å². The maximum atomic E-state index is 2.46. The van der Waals surface area contributed by atoms with Crippen molar-refractivity contribution in [1.29, 1.82) is 0 Å². The summed E-state index contributed by atoms with van der Waals surface area (Å²) in [6.07, 6.45) is 8.68. The average Bonchev–Trinajstić information content (AvgIpc) is 3.73. The first-order valence-corrected chi connectivity index (χ1v) is 21.5. The Kier molecular flexibility index (Phi) is 8.50. The van der Waals surface area contributed by atoms with Crippen LogP contribution < -0.4 is 9.80 Å². The molecule has 1 heterocycles. The molecule has 11 rings (SSSR count). The Morgan fingerprint density at radius 3 is 1.71 bits per heavy atom. The third-order valence-electron chi connectivity index (χ3n) is 13.4. The Morgan fingerprint density at radius 1 is 0.375 bits per heavy atom. The van der Waals surface area contributed by atoms with E-state index in [1.165, 1.54) is 75.5 Å². The van der Waals surface area contributed by atoms with Crippen molar-refractivity contribution >= 4 is 65.6 Å². The number of fused-ring (bicyclic) bond motifs is 5. The van der Waals surface area contributed by atoms with Gasteiger partial charge in [0.2, 0.25) is 0 Å². The molecule has 3 saturated carbocycles. The largest absolute Gasteiger partial charge is 0.310 e. The van der Waals surface area contributed by atoms with Gasteiger partial charge < -0.3 is 9.80 Å². The molecule has 8 aromatic rings. The SMILES string of the molecule is c1ccc(-c2ccc(N(c3ccc(C4CCC5CC6CC5CC4C6)cc3)c3cccc(N(c4ccccc4)c4ccc5sc6ccccc6c5c4)c3)cc2)cc1. The van der Waals surface area contributed by atoms with Crippen molar-refractivity contribution in [1.82, 2.24) is 0 Å². The van der Waals surface area contributed by atoms with Crippen molar-refractivity contribution in [2.45, 2.75) is 44.4 Å². The van der Waals surface area contributed by atoms with Crippen LogP contribution in [0.1, 0.15) is 50.0 Å². The molecule has 3 bridgehead atoms. The van der Waals surface area contributed by atoms with Crippen LogP contribution in [0.25, 0.3) is 31.3 Å². The maximum Gasteiger partial charge on any atom is 0.0482 e. The molecule has 3 aliphatic carbocycles. The number of para-hydroxylation sites is 1. The van der Waals surface area contributed by atoms with Crippen LogP contribution in [-0.2, 0) is 0 Å². The lowest BCUT2D eigenvalue weighted by Gasteiger charge is -2.33. The summed E-state index contributed by atoms with van der Waals surface area (Å²) in [6.45, 7) is 0. The minimum absolute atomic E-state index is 0.693. The van der Waals surface area contributed by atoms with Crippen molar-refractivity contribution in [2.24, 2.45) is 23.7 Å². The summed E-state index contributed by atoms with van der Waals surface area (Å²) in [7, 11) is 0. The van der Waals surface area contributed by atoms with E-state index in [0.717, 1.165) is 52.1 Å². The second-order valence-corrected chi connectivity index (χ2v) is 17.7. The van der Waals surface area contributed by atoms with Gasteiger partial charge in [-0.25, -0.2) is 0 Å². The highest BCUT2D eigenvalue weighted by Gasteiger charge is 2.45. The highest BCUT2D eigenvalue weighted by atomic mass is 32.1. The number of rotatable bonds is 8. The maximum absolute atomic E-state index is 2.46. The zero-order valence-electron chi connectivity index (χ0n) is 31.7. The molecule has 274 valence electrons. The van der Waals surface area contributed by atoms with Gasteiger partial charge in [-0.2, -0.15) is 0 Å². The van der Waals surface area contributed by atoms with Crippen molar-refractivity contribution in [3.63, 3.8) is 0 Å². The lowest BCUT2D eigenvalue weighted by molar-refractivity contribution is 0.232. The first kappa shape index (κ1) is 33.7. The molecule has 5 unspecified atom stereocenters. The standard InChI is InChI=1S/C53H46N2S/c1-3-10-37(11-4-1)38-18-23-44(24-19-38)54(45-25-20-39(21-26-45)49-28-22-40-30-36-31-41(40)33-42(49)32-36)46-14-9-15-47(34-46)55(43-12-5-2-6-13-43)48-27-29-53-51(35-48)50-16-7-8-17-52(50)56-53/h1-21,23-27,29,34-36,40-42,49H,22,28,30-33H2. The summed E-state index contributed by atoms with van der Waals surface area (Å²) in [5.41, 5.74) is 10.9. The van der Waals surface area contributed by atoms with E-state index in [4.69, 9.17) is 0 Å². The van der Waals surface area contributed by atoms with Crippen LogP contribution >= 0.6 is 11.3 Å². The molecule has 0 radical (unpaired) electrons. The molecule has 0 spiro atoms. The molecule has 7 aromatic carbocycles. The van der Waals surface area contributed by atoms with Crippen molar-refractivity contribution in [3.05, 3.63) is 181 Å². The number of thiophene rings is 1. The fourth-order valence-electron chi connectivity index (χ4n) is 10.9. The van der Waals surface area contributed by atoms with Crippen LogP contribution in [0, 0.1) is 23.7 Å². The second kappa shape index (κ2) is 14.1. The summed E-state index contributed by atoms with van der Waals surface area (Å²) in [5, 5.41) is 2.61. The number of hydrogen-bond acceptors (Lipinski definition) is 3. The molecule has 1 aromatic heterocycles. The fraction of sp³-hybridized carbons (Fsp3) is 0.208. The highest BCUT2D eigenvalue weighted by Crippen LogP contribution is 2.57. The smallest absolute Gasteiger partial charge is 0.0482 e. The van der Waals surface area contributed by atoms with Gasteiger partial charge in [0.25, 0.3) is 0 Å². The van der Waals surface area contributed by atoms with Gasteiger partial charge in [0.05, 0.1) is 0 Å². The van der Waals surface area contributed by atoms with Gasteiger partial charge in [0.1, 0.15) is 0 Å². The van der Waals surface area contributed by atoms with Gasteiger partial charge in [0, 0.05) is 54.3 Å². The van der Waals surface area contributed by atoms with Gasteiger partial charge in [-0.3, -0.25) is 0 Å². The van der Waals surface area contributed by atoms with Crippen LogP contribution in [0.2, 0.25) is 0 Å². The van der Waals surface area contributed by atoms with Gasteiger partial charge in [-0.05, 0) is 164 Å². The molecule has 0 amide bonds. The minimum Gasteiger partial charge on any atom is -0.310 e. The lowest BCUT2D eigenvalue weighted by atomic mass is 9.72. The molecule has 2 nitrogen and oxygen atoms in total. The summed E-state index contributed by atoms with van der Waals surface area (Å²) in [4.78, 5) is 4.85. The van der Waals surface area contributed by atoms with Crippen molar-refractivity contribution in [3.8, 4) is 11.1 Å². The van der Waals surface area contributed by atoms with E-state index in [-0.39, 0.29) is 0 Å². The minimum atomic E-state index is 0.693. The predicted molar refractivity (Wildman–Crippen MR) is 239 cm³/mol. The molecular weight excluding hydrogens is 697 g/mol. The van der Waals surface area contributed by atoms with Crippen LogP contribution in [0.4, 0.5) is 34.1 Å². The number of nitrogens with zero attached hydrogens (tertiary/aromatic N) is 2. The molecule has 0 aliphatic heterocycles. The predicted octanol–water partition coefficient (Wildman–Crippen LogP) is 15.6. The zero-order chi connectivity index (χ0) is 37.0. The molecule has 56 heavy (non-hydrogen) atoms. The number of hydrogen-bond donors (Lipinski definition) is 0. The van der Waals surface area contributed by atoms with Gasteiger partial charge in [0.15, 0.2) is 0 Å². The third-order valence-corrected chi connectivity index (χ3v) is 14.5. The Morgan fingerprint density at radius 2 is 0.929 bits per heavy atom. The Bertz CT molecular complexity index is 2630. The van der Waals surface area contributed by atoms with Crippen molar-refractivity contribution < 1.29 is 0 Å².